The minimum absolute atomic E-state index is 0. The number of hydrogen-bond acceptors (Lipinski definition) is 4. The maximum Gasteiger partial charge on any atom is 0.191 e. The summed E-state index contributed by atoms with van der Waals surface area (Å²) in [6.07, 6.45) is 4.74. The van der Waals surface area contributed by atoms with E-state index in [-0.39, 0.29) is 28.7 Å². The summed E-state index contributed by atoms with van der Waals surface area (Å²) in [6.45, 7) is 11.0. The highest BCUT2D eigenvalue weighted by Crippen LogP contribution is 2.35. The normalized spacial score (nSPS) is 21.8. The Bertz CT molecular complexity index is 619. The third-order valence-electron chi connectivity index (χ3n) is 5.96. The highest BCUT2D eigenvalue weighted by Gasteiger charge is 2.32. The molecular formula is C23H39IN4OS. The lowest BCUT2D eigenvalue weighted by atomic mass is 9.99. The number of nitrogens with one attached hydrogen (secondary N) is 2. The molecule has 2 saturated heterocycles. The molecule has 0 aromatic heterocycles. The molecule has 2 heterocycles. The predicted octanol–water partition coefficient (Wildman–Crippen LogP) is 4.13. The zero-order valence-electron chi connectivity index (χ0n) is 18.6. The number of aliphatic imine (C=N–C) groups is 1. The zero-order valence-corrected chi connectivity index (χ0v) is 21.7. The van der Waals surface area contributed by atoms with Crippen molar-refractivity contribution in [1.82, 2.24) is 15.5 Å². The Morgan fingerprint density at radius 1 is 1.20 bits per heavy atom. The van der Waals surface area contributed by atoms with Gasteiger partial charge in [0.25, 0.3) is 0 Å². The molecule has 1 aromatic rings. The predicted molar refractivity (Wildman–Crippen MR) is 140 cm³/mol. The second-order valence-corrected chi connectivity index (χ2v) is 9.79. The third kappa shape index (κ3) is 7.88. The maximum absolute atomic E-state index is 5.60. The van der Waals surface area contributed by atoms with Gasteiger partial charge in [-0.05, 0) is 50.5 Å². The summed E-state index contributed by atoms with van der Waals surface area (Å²) in [5, 5.41) is 7.08. The zero-order chi connectivity index (χ0) is 20.4. The molecule has 0 radical (unpaired) electrons. The summed E-state index contributed by atoms with van der Waals surface area (Å²) in [6, 6.07) is 11.4. The monoisotopic (exact) mass is 546 g/mol. The van der Waals surface area contributed by atoms with Gasteiger partial charge in [-0.25, -0.2) is 0 Å². The molecule has 7 heteroatoms. The second-order valence-electron chi connectivity index (χ2n) is 8.06. The van der Waals surface area contributed by atoms with Crippen LogP contribution in [0.25, 0.3) is 0 Å². The van der Waals surface area contributed by atoms with Crippen molar-refractivity contribution in [3.8, 4) is 0 Å². The number of ether oxygens (including phenoxy) is 1. The van der Waals surface area contributed by atoms with Gasteiger partial charge in [-0.3, -0.25) is 9.89 Å². The largest absolute Gasteiger partial charge is 0.381 e. The van der Waals surface area contributed by atoms with Crippen molar-refractivity contribution in [2.24, 2.45) is 4.99 Å². The lowest BCUT2D eigenvalue weighted by molar-refractivity contribution is 0.0793. The molecule has 2 aliphatic rings. The first-order valence-electron chi connectivity index (χ1n) is 11.3. The molecule has 1 atom stereocenters. The van der Waals surface area contributed by atoms with Crippen LogP contribution in [0.5, 0.6) is 0 Å². The van der Waals surface area contributed by atoms with Crippen LogP contribution in [-0.2, 0) is 11.3 Å². The minimum atomic E-state index is 0. The van der Waals surface area contributed by atoms with Crippen LogP contribution in [0.3, 0.4) is 0 Å². The van der Waals surface area contributed by atoms with Gasteiger partial charge in [-0.15, -0.1) is 24.0 Å². The first-order valence-corrected chi connectivity index (χ1v) is 12.2. The molecule has 170 valence electrons. The quantitative estimate of drug-likeness (QED) is 0.277. The van der Waals surface area contributed by atoms with Crippen molar-refractivity contribution in [1.29, 1.82) is 0 Å². The van der Waals surface area contributed by atoms with Crippen molar-refractivity contribution < 1.29 is 4.74 Å². The Labute approximate surface area is 204 Å². The molecule has 0 bridgehead atoms. The molecule has 2 aliphatic heterocycles. The SMILES string of the molecule is CCNC(=NCC1(SCC)CCOCC1)NCC1CCCN1Cc1ccccc1.I. The molecule has 0 saturated carbocycles. The van der Waals surface area contributed by atoms with E-state index in [4.69, 9.17) is 9.73 Å². The standard InChI is InChI=1S/C23H38N4OS.HI/c1-3-24-22(26-19-23(29-4-2)12-15-28-16-13-23)25-17-21-11-8-14-27(21)18-20-9-6-5-7-10-20;/h5-7,9-10,21H,3-4,8,11-19H2,1-2H3,(H2,24,25,26);1H. The summed E-state index contributed by atoms with van der Waals surface area (Å²) in [7, 11) is 0. The van der Waals surface area contributed by atoms with E-state index in [0.717, 1.165) is 63.9 Å². The fraction of sp³-hybridized carbons (Fsp3) is 0.696. The molecule has 5 nitrogen and oxygen atoms in total. The summed E-state index contributed by atoms with van der Waals surface area (Å²) in [4.78, 5) is 7.61. The average Bonchev–Trinajstić information content (AvgIpc) is 3.19. The molecule has 2 N–H and O–H groups in total. The molecule has 1 unspecified atom stereocenters. The van der Waals surface area contributed by atoms with E-state index in [9.17, 15) is 0 Å². The second kappa shape index (κ2) is 13.8. The van der Waals surface area contributed by atoms with Gasteiger partial charge in [0.1, 0.15) is 0 Å². The van der Waals surface area contributed by atoms with Crippen molar-refractivity contribution in [2.45, 2.75) is 56.9 Å². The Morgan fingerprint density at radius 2 is 1.97 bits per heavy atom. The van der Waals surface area contributed by atoms with E-state index in [0.29, 0.717) is 6.04 Å². The highest BCUT2D eigenvalue weighted by molar-refractivity contribution is 14.0. The highest BCUT2D eigenvalue weighted by atomic mass is 127. The van der Waals surface area contributed by atoms with Crippen LogP contribution in [0.15, 0.2) is 35.3 Å². The fourth-order valence-corrected chi connectivity index (χ4v) is 5.55. The number of halogens is 1. The van der Waals surface area contributed by atoms with E-state index in [1.807, 2.05) is 0 Å². The first-order chi connectivity index (χ1) is 14.2. The number of nitrogens with zero attached hydrogens (tertiary/aromatic N) is 2. The first kappa shape index (κ1) is 25.7. The van der Waals surface area contributed by atoms with E-state index < -0.39 is 0 Å². The molecule has 30 heavy (non-hydrogen) atoms. The Hall–Kier alpha value is -0.510. The van der Waals surface area contributed by atoms with E-state index in [1.165, 1.54) is 24.9 Å². The van der Waals surface area contributed by atoms with Crippen molar-refractivity contribution in [3.63, 3.8) is 0 Å². The van der Waals surface area contributed by atoms with Crippen molar-refractivity contribution in [3.05, 3.63) is 35.9 Å². The molecule has 1 aromatic carbocycles. The van der Waals surface area contributed by atoms with Gasteiger partial charge in [0, 0.05) is 43.6 Å². The van der Waals surface area contributed by atoms with Gasteiger partial charge in [0.05, 0.1) is 6.54 Å². The topological polar surface area (TPSA) is 48.9 Å². The van der Waals surface area contributed by atoms with Crippen LogP contribution in [0.2, 0.25) is 0 Å². The lowest BCUT2D eigenvalue weighted by Crippen LogP contribution is -2.45. The number of hydrogen-bond donors (Lipinski definition) is 2. The lowest BCUT2D eigenvalue weighted by Gasteiger charge is -2.35. The van der Waals surface area contributed by atoms with Gasteiger partial charge in [-0.1, -0.05) is 37.3 Å². The Balaban J connectivity index is 0.00000320. The molecular weight excluding hydrogens is 507 g/mol. The summed E-state index contributed by atoms with van der Waals surface area (Å²) in [5.41, 5.74) is 1.40. The summed E-state index contributed by atoms with van der Waals surface area (Å²) in [5.74, 6) is 2.09. The van der Waals surface area contributed by atoms with Gasteiger partial charge < -0.3 is 15.4 Å². The summed E-state index contributed by atoms with van der Waals surface area (Å²) >= 11 is 2.05. The smallest absolute Gasteiger partial charge is 0.191 e. The fourth-order valence-electron chi connectivity index (χ4n) is 4.33. The van der Waals surface area contributed by atoms with Crippen molar-refractivity contribution in [2.75, 3.05) is 45.1 Å². The third-order valence-corrected chi connectivity index (χ3v) is 7.40. The molecule has 0 spiro atoms. The van der Waals surface area contributed by atoms with Crippen LogP contribution in [-0.4, -0.2) is 66.8 Å². The molecule has 3 rings (SSSR count). The van der Waals surface area contributed by atoms with Crippen LogP contribution in [0.4, 0.5) is 0 Å². The Kier molecular flexibility index (Phi) is 11.8. The molecule has 0 amide bonds. The number of benzene rings is 1. The average molecular weight is 547 g/mol. The van der Waals surface area contributed by atoms with E-state index in [1.54, 1.807) is 0 Å². The number of guanidine groups is 1. The van der Waals surface area contributed by atoms with Crippen molar-refractivity contribution >= 4 is 41.7 Å². The summed E-state index contributed by atoms with van der Waals surface area (Å²) < 4.78 is 5.84. The van der Waals surface area contributed by atoms with Gasteiger partial charge in [-0.2, -0.15) is 11.8 Å². The van der Waals surface area contributed by atoms with E-state index >= 15 is 0 Å². The van der Waals surface area contributed by atoms with Crippen LogP contribution < -0.4 is 10.6 Å². The van der Waals surface area contributed by atoms with Gasteiger partial charge in [0.15, 0.2) is 5.96 Å². The van der Waals surface area contributed by atoms with Crippen LogP contribution in [0, 0.1) is 0 Å². The van der Waals surface area contributed by atoms with Gasteiger partial charge >= 0.3 is 0 Å². The Morgan fingerprint density at radius 3 is 2.67 bits per heavy atom. The number of thioether (sulfide) groups is 1. The van der Waals surface area contributed by atoms with Crippen LogP contribution in [0.1, 0.15) is 45.1 Å². The van der Waals surface area contributed by atoms with Gasteiger partial charge in [0.2, 0.25) is 0 Å². The van der Waals surface area contributed by atoms with Crippen LogP contribution >= 0.6 is 35.7 Å². The maximum atomic E-state index is 5.60. The molecule has 2 fully saturated rings. The van der Waals surface area contributed by atoms with E-state index in [2.05, 4.69) is 71.5 Å². The minimum Gasteiger partial charge on any atom is -0.381 e. The molecule has 0 aliphatic carbocycles. The number of likely N-dealkylation sites (tertiary alicyclic amines) is 1. The number of rotatable bonds is 9.